The van der Waals surface area contributed by atoms with Crippen LogP contribution < -0.4 is 16.1 Å². The van der Waals surface area contributed by atoms with Crippen molar-refractivity contribution < 1.29 is 9.59 Å². The van der Waals surface area contributed by atoms with Gasteiger partial charge in [-0.3, -0.25) is 14.6 Å². The topological polar surface area (TPSA) is 87.8 Å². The van der Waals surface area contributed by atoms with E-state index in [2.05, 4.69) is 10.4 Å². The third-order valence-corrected chi connectivity index (χ3v) is 4.82. The van der Waals surface area contributed by atoms with Gasteiger partial charge in [-0.15, -0.1) is 0 Å². The highest BCUT2D eigenvalue weighted by atomic mass is 16.2. The molecule has 0 saturated carbocycles. The molecule has 1 atom stereocenters. The molecule has 3 aromatic carbocycles. The van der Waals surface area contributed by atoms with Crippen LogP contribution in [-0.2, 0) is 4.79 Å². The van der Waals surface area contributed by atoms with Crippen LogP contribution in [0.5, 0.6) is 0 Å². The van der Waals surface area contributed by atoms with Crippen LogP contribution >= 0.6 is 0 Å². The summed E-state index contributed by atoms with van der Waals surface area (Å²) in [6.07, 6.45) is 0.448. The number of nitrogens with two attached hydrogens (primary N) is 1. The van der Waals surface area contributed by atoms with E-state index in [-0.39, 0.29) is 17.5 Å². The van der Waals surface area contributed by atoms with Gasteiger partial charge in [0.25, 0.3) is 11.8 Å². The molecule has 0 aliphatic carbocycles. The summed E-state index contributed by atoms with van der Waals surface area (Å²) in [7, 11) is 0. The van der Waals surface area contributed by atoms with E-state index < -0.39 is 5.91 Å². The molecule has 0 saturated heterocycles. The van der Waals surface area contributed by atoms with Gasteiger partial charge < -0.3 is 11.1 Å². The predicted octanol–water partition coefficient (Wildman–Crippen LogP) is 3.73. The summed E-state index contributed by atoms with van der Waals surface area (Å²) in [6.45, 7) is 0. The smallest absolute Gasteiger partial charge is 0.271 e. The number of hydrogen-bond acceptors (Lipinski definition) is 4. The Morgan fingerprint density at radius 1 is 0.897 bits per heavy atom. The molecule has 1 heterocycles. The Hall–Kier alpha value is -3.93. The zero-order valence-corrected chi connectivity index (χ0v) is 15.7. The summed E-state index contributed by atoms with van der Waals surface area (Å²) < 4.78 is 0. The van der Waals surface area contributed by atoms with E-state index in [1.54, 1.807) is 24.3 Å². The molecule has 1 aliphatic rings. The molecule has 3 N–H and O–H groups in total. The number of amides is 2. The number of carbonyl (C=O) groups excluding carboxylic acids is 2. The van der Waals surface area contributed by atoms with Crippen molar-refractivity contribution in [1.29, 1.82) is 0 Å². The highest BCUT2D eigenvalue weighted by Crippen LogP contribution is 2.35. The second-order valence-corrected chi connectivity index (χ2v) is 6.72. The number of rotatable bonds is 5. The number of carbonyl (C=O) groups is 2. The van der Waals surface area contributed by atoms with Crippen molar-refractivity contribution in [2.24, 2.45) is 10.8 Å². The molecule has 0 spiro atoms. The van der Waals surface area contributed by atoms with E-state index in [4.69, 9.17) is 5.73 Å². The molecule has 2 amide bonds. The maximum absolute atomic E-state index is 12.9. The summed E-state index contributed by atoms with van der Waals surface area (Å²) in [4.78, 5) is 24.6. The number of nitrogens with zero attached hydrogens (tertiary/aromatic N) is 2. The van der Waals surface area contributed by atoms with Gasteiger partial charge in [0.05, 0.1) is 23.0 Å². The van der Waals surface area contributed by atoms with Gasteiger partial charge in [0.2, 0.25) is 0 Å². The average Bonchev–Trinajstić information content (AvgIpc) is 3.21. The number of hydrogen-bond donors (Lipinski definition) is 2. The number of anilines is 2. The molecule has 6 heteroatoms. The number of hydrazone groups is 1. The van der Waals surface area contributed by atoms with Crippen molar-refractivity contribution >= 4 is 28.9 Å². The Bertz CT molecular complexity index is 1060. The summed E-state index contributed by atoms with van der Waals surface area (Å²) in [6, 6.07) is 26.3. The fourth-order valence-electron chi connectivity index (χ4n) is 3.40. The van der Waals surface area contributed by atoms with Gasteiger partial charge in [0, 0.05) is 6.42 Å². The summed E-state index contributed by atoms with van der Waals surface area (Å²) in [5.74, 6) is -0.944. The van der Waals surface area contributed by atoms with Crippen LogP contribution in [0.15, 0.2) is 90.0 Å². The lowest BCUT2D eigenvalue weighted by Gasteiger charge is -2.23. The van der Waals surface area contributed by atoms with Gasteiger partial charge in [-0.05, 0) is 29.8 Å². The first kappa shape index (κ1) is 18.4. The largest absolute Gasteiger partial charge is 0.366 e. The first-order chi connectivity index (χ1) is 14.1. The predicted molar refractivity (Wildman–Crippen MR) is 114 cm³/mol. The molecule has 0 bridgehead atoms. The van der Waals surface area contributed by atoms with Gasteiger partial charge in [0.15, 0.2) is 0 Å². The van der Waals surface area contributed by atoms with E-state index in [0.717, 1.165) is 11.3 Å². The minimum atomic E-state index is -0.595. The Morgan fingerprint density at radius 2 is 1.52 bits per heavy atom. The molecule has 0 aromatic heterocycles. The minimum absolute atomic E-state index is 0.0919. The zero-order valence-electron chi connectivity index (χ0n) is 15.7. The highest BCUT2D eigenvalue weighted by molar-refractivity contribution is 6.44. The third kappa shape index (κ3) is 3.87. The summed E-state index contributed by atoms with van der Waals surface area (Å²) in [5.41, 5.74) is 8.42. The van der Waals surface area contributed by atoms with Crippen LogP contribution in [0.3, 0.4) is 0 Å². The second kappa shape index (κ2) is 7.98. The molecule has 29 heavy (non-hydrogen) atoms. The van der Waals surface area contributed by atoms with Crippen LogP contribution in [0.4, 0.5) is 11.4 Å². The van der Waals surface area contributed by atoms with Gasteiger partial charge in [-0.2, -0.15) is 5.10 Å². The van der Waals surface area contributed by atoms with E-state index >= 15 is 0 Å². The van der Waals surface area contributed by atoms with Gasteiger partial charge in [-0.1, -0.05) is 60.7 Å². The Kier molecular flexibility index (Phi) is 5.07. The third-order valence-electron chi connectivity index (χ3n) is 4.82. The van der Waals surface area contributed by atoms with E-state index in [1.165, 1.54) is 0 Å². The monoisotopic (exact) mass is 384 g/mol. The lowest BCUT2D eigenvalue weighted by atomic mass is 10.0. The quantitative estimate of drug-likeness (QED) is 0.702. The number of benzene rings is 3. The SMILES string of the molecule is NC(=O)c1ccccc1NC(=O)C1=NN(c2ccccc2)[C@H](c2ccccc2)C1. The van der Waals surface area contributed by atoms with Gasteiger partial charge in [0.1, 0.15) is 5.71 Å². The maximum atomic E-state index is 12.9. The molecule has 0 unspecified atom stereocenters. The molecule has 3 aromatic rings. The number of para-hydroxylation sites is 2. The fourth-order valence-corrected chi connectivity index (χ4v) is 3.40. The minimum Gasteiger partial charge on any atom is -0.366 e. The number of nitrogens with one attached hydrogen (secondary N) is 1. The molecule has 4 rings (SSSR count). The average molecular weight is 384 g/mol. The molecule has 1 aliphatic heterocycles. The molecule has 0 radical (unpaired) electrons. The van der Waals surface area contributed by atoms with Gasteiger partial charge >= 0.3 is 0 Å². The molecular formula is C23H20N4O2. The zero-order chi connectivity index (χ0) is 20.2. The first-order valence-corrected chi connectivity index (χ1v) is 9.30. The van der Waals surface area contributed by atoms with Crippen molar-refractivity contribution in [3.8, 4) is 0 Å². The van der Waals surface area contributed by atoms with Crippen LogP contribution in [0.2, 0.25) is 0 Å². The molecule has 6 nitrogen and oxygen atoms in total. The van der Waals surface area contributed by atoms with Crippen molar-refractivity contribution in [2.75, 3.05) is 10.3 Å². The molecular weight excluding hydrogens is 364 g/mol. The van der Waals surface area contributed by atoms with E-state index in [0.29, 0.717) is 17.8 Å². The number of primary amides is 1. The lowest BCUT2D eigenvalue weighted by molar-refractivity contribution is -0.110. The Labute approximate surface area is 168 Å². The Balaban J connectivity index is 1.64. The molecule has 144 valence electrons. The fraction of sp³-hybridized carbons (Fsp3) is 0.0870. The lowest BCUT2D eigenvalue weighted by Crippen LogP contribution is -2.24. The second-order valence-electron chi connectivity index (χ2n) is 6.72. The van der Waals surface area contributed by atoms with Gasteiger partial charge in [-0.25, -0.2) is 0 Å². The van der Waals surface area contributed by atoms with Crippen molar-refractivity contribution in [2.45, 2.75) is 12.5 Å². The van der Waals surface area contributed by atoms with Crippen LogP contribution in [0.1, 0.15) is 28.4 Å². The first-order valence-electron chi connectivity index (χ1n) is 9.30. The highest BCUT2D eigenvalue weighted by Gasteiger charge is 2.32. The van der Waals surface area contributed by atoms with Crippen molar-refractivity contribution in [3.63, 3.8) is 0 Å². The summed E-state index contributed by atoms with van der Waals surface area (Å²) >= 11 is 0. The van der Waals surface area contributed by atoms with Crippen LogP contribution in [-0.4, -0.2) is 17.5 Å². The summed E-state index contributed by atoms with van der Waals surface area (Å²) in [5, 5.41) is 9.25. The van der Waals surface area contributed by atoms with Crippen molar-refractivity contribution in [1.82, 2.24) is 0 Å². The normalized spacial score (nSPS) is 15.7. The van der Waals surface area contributed by atoms with E-state index in [1.807, 2.05) is 65.7 Å². The van der Waals surface area contributed by atoms with Crippen LogP contribution in [0.25, 0.3) is 0 Å². The van der Waals surface area contributed by atoms with E-state index in [9.17, 15) is 9.59 Å². The van der Waals surface area contributed by atoms with Crippen molar-refractivity contribution in [3.05, 3.63) is 96.1 Å². The Morgan fingerprint density at radius 3 is 2.21 bits per heavy atom. The maximum Gasteiger partial charge on any atom is 0.271 e. The standard InChI is InChI=1S/C23H20N4O2/c24-22(28)18-13-7-8-14-19(18)25-23(29)20-15-21(16-9-3-1-4-10-16)27(26-20)17-11-5-2-6-12-17/h1-14,21H,15H2,(H2,24,28)(H,25,29)/t21-/m0/s1. The van der Waals surface area contributed by atoms with Crippen LogP contribution in [0, 0.1) is 0 Å². The molecule has 0 fully saturated rings.